The Kier molecular flexibility index (Phi) is 12.7. The molecule has 2 fully saturated rings. The van der Waals surface area contributed by atoms with Crippen LogP contribution in [0.15, 0.2) is 66.7 Å². The first-order chi connectivity index (χ1) is 27.6. The molecule has 2 saturated heterocycles. The van der Waals surface area contributed by atoms with Crippen LogP contribution in [0.2, 0.25) is 5.02 Å². The predicted molar refractivity (Wildman–Crippen MR) is 222 cm³/mol. The SMILES string of the molecule is Cc1c(OCCCN2CCCCC2(C)C)cccc1-c1cccc2c1CC[C@@H]2Oc1cc(OCc2cc(C#N)cc(C#N)c2)c(CN[C@H]2CCC(=O)NC2)cc1Cl. The van der Waals surface area contributed by atoms with Crippen molar-refractivity contribution in [2.45, 2.75) is 103 Å². The Morgan fingerprint density at radius 2 is 1.72 bits per heavy atom. The minimum atomic E-state index is -0.204. The van der Waals surface area contributed by atoms with Crippen LogP contribution >= 0.6 is 11.6 Å². The van der Waals surface area contributed by atoms with Crippen molar-refractivity contribution in [1.29, 1.82) is 10.5 Å². The van der Waals surface area contributed by atoms with Gasteiger partial charge < -0.3 is 24.8 Å². The normalized spacial score (nSPS) is 18.9. The Morgan fingerprint density at radius 3 is 2.47 bits per heavy atom. The number of rotatable bonds is 14. The van der Waals surface area contributed by atoms with Crippen LogP contribution in [0.25, 0.3) is 11.1 Å². The van der Waals surface area contributed by atoms with Crippen LogP contribution in [-0.4, -0.2) is 48.6 Å². The molecule has 1 aliphatic carbocycles. The molecule has 2 N–H and O–H groups in total. The lowest BCUT2D eigenvalue weighted by Crippen LogP contribution is -2.47. The van der Waals surface area contributed by atoms with Gasteiger partial charge in [0.1, 0.15) is 30.0 Å². The summed E-state index contributed by atoms with van der Waals surface area (Å²) in [5.74, 6) is 2.10. The zero-order chi connectivity index (χ0) is 39.9. The number of nitrogens with one attached hydrogen (secondary N) is 2. The van der Waals surface area contributed by atoms with Gasteiger partial charge >= 0.3 is 0 Å². The second kappa shape index (κ2) is 18.0. The second-order valence-electron chi connectivity index (χ2n) is 16.1. The van der Waals surface area contributed by atoms with Gasteiger partial charge in [0.15, 0.2) is 0 Å². The molecule has 4 aromatic carbocycles. The van der Waals surface area contributed by atoms with E-state index in [9.17, 15) is 15.3 Å². The first-order valence-corrected chi connectivity index (χ1v) is 20.7. The van der Waals surface area contributed by atoms with Crippen molar-refractivity contribution in [3.05, 3.63) is 111 Å². The van der Waals surface area contributed by atoms with Crippen molar-refractivity contribution < 1.29 is 19.0 Å². The zero-order valence-corrected chi connectivity index (χ0v) is 34.0. The summed E-state index contributed by atoms with van der Waals surface area (Å²) >= 11 is 6.97. The third-order valence-electron chi connectivity index (χ3n) is 11.8. The molecular weight excluding hydrogens is 734 g/mol. The third kappa shape index (κ3) is 9.57. The number of nitrogens with zero attached hydrogens (tertiary/aromatic N) is 3. The van der Waals surface area contributed by atoms with Crippen LogP contribution in [0.5, 0.6) is 17.2 Å². The number of piperidine rings is 2. The quantitative estimate of drug-likeness (QED) is 0.122. The van der Waals surface area contributed by atoms with Crippen molar-refractivity contribution in [1.82, 2.24) is 15.5 Å². The van der Waals surface area contributed by atoms with Crippen LogP contribution < -0.4 is 24.8 Å². The first-order valence-electron chi connectivity index (χ1n) is 20.3. The number of amides is 1. The largest absolute Gasteiger partial charge is 0.493 e. The number of benzene rings is 4. The molecule has 2 heterocycles. The average Bonchev–Trinajstić information content (AvgIpc) is 3.63. The number of halogens is 1. The van der Waals surface area contributed by atoms with Crippen LogP contribution in [0.3, 0.4) is 0 Å². The molecule has 2 aliphatic heterocycles. The Hall–Kier alpha value is -5.06. The van der Waals surface area contributed by atoms with E-state index in [1.165, 1.54) is 42.5 Å². The first kappa shape index (κ1) is 40.1. The number of hydrogen-bond acceptors (Lipinski definition) is 8. The summed E-state index contributed by atoms with van der Waals surface area (Å²) in [5, 5.41) is 26.0. The maximum atomic E-state index is 11.7. The van der Waals surface area contributed by atoms with Gasteiger partial charge in [-0.25, -0.2) is 0 Å². The molecule has 0 bridgehead atoms. The topological polar surface area (TPSA) is 120 Å². The van der Waals surface area contributed by atoms with E-state index in [2.05, 4.69) is 84.8 Å². The summed E-state index contributed by atoms with van der Waals surface area (Å²) in [6.07, 6.45) is 7.53. The third-order valence-corrected chi connectivity index (χ3v) is 12.1. The molecule has 0 aromatic heterocycles. The highest BCUT2D eigenvalue weighted by atomic mass is 35.5. The van der Waals surface area contributed by atoms with Gasteiger partial charge in [0.05, 0.1) is 34.9 Å². The van der Waals surface area contributed by atoms with Gasteiger partial charge in [0.25, 0.3) is 0 Å². The van der Waals surface area contributed by atoms with Crippen molar-refractivity contribution in [3.8, 4) is 40.5 Å². The molecule has 296 valence electrons. The highest BCUT2D eigenvalue weighted by molar-refractivity contribution is 6.32. The molecular formula is C47H52ClN5O4. The molecule has 4 aromatic rings. The highest BCUT2D eigenvalue weighted by Crippen LogP contribution is 2.44. The van der Waals surface area contributed by atoms with Gasteiger partial charge in [0.2, 0.25) is 5.91 Å². The molecule has 2 atom stereocenters. The Morgan fingerprint density at radius 1 is 0.930 bits per heavy atom. The standard InChI is InChI=1S/C47H52ClN5O4/c1-31-37(9-7-12-42(31)55-20-8-19-53-18-5-4-17-47(53,2)3)38-10-6-11-40-39(38)14-15-43(40)57-45-25-44(56-30-34-22-32(26-49)21-33(23-34)27-50)35(24-41(45)48)28-51-36-13-16-46(54)52-29-36/h6-7,9-12,21-25,36,43,51H,4-5,8,13-20,28-30H2,1-3H3,(H,52,54)/t36-,43-/m0/s1. The fourth-order valence-corrected chi connectivity index (χ4v) is 8.78. The van der Waals surface area contributed by atoms with Crippen molar-refractivity contribution >= 4 is 17.5 Å². The molecule has 3 aliphatic rings. The molecule has 1 amide bonds. The van der Waals surface area contributed by atoms with E-state index in [4.69, 9.17) is 25.8 Å². The summed E-state index contributed by atoms with van der Waals surface area (Å²) in [4.78, 5) is 14.4. The fourth-order valence-electron chi connectivity index (χ4n) is 8.55. The molecule has 7 rings (SSSR count). The number of ether oxygens (including phenoxy) is 3. The van der Waals surface area contributed by atoms with E-state index in [-0.39, 0.29) is 30.2 Å². The second-order valence-corrected chi connectivity index (χ2v) is 16.6. The van der Waals surface area contributed by atoms with Gasteiger partial charge in [-0.05, 0) is 130 Å². The van der Waals surface area contributed by atoms with E-state index in [1.807, 2.05) is 12.1 Å². The molecule has 0 saturated carbocycles. The van der Waals surface area contributed by atoms with Crippen LogP contribution in [-0.2, 0) is 24.4 Å². The lowest BCUT2D eigenvalue weighted by molar-refractivity contribution is -0.122. The number of nitriles is 2. The van der Waals surface area contributed by atoms with Crippen LogP contribution in [0, 0.1) is 29.6 Å². The molecule has 0 spiro atoms. The summed E-state index contributed by atoms with van der Waals surface area (Å²) < 4.78 is 19.6. The van der Waals surface area contributed by atoms with Crippen LogP contribution in [0.1, 0.15) is 104 Å². The average molecular weight is 786 g/mol. The van der Waals surface area contributed by atoms with Gasteiger partial charge in [-0.1, -0.05) is 48.4 Å². The predicted octanol–water partition coefficient (Wildman–Crippen LogP) is 9.11. The van der Waals surface area contributed by atoms with Gasteiger partial charge in [-0.2, -0.15) is 10.5 Å². The van der Waals surface area contributed by atoms with Crippen molar-refractivity contribution in [2.75, 3.05) is 26.2 Å². The van der Waals surface area contributed by atoms with E-state index in [1.54, 1.807) is 18.2 Å². The lowest BCUT2D eigenvalue weighted by atomic mass is 9.90. The van der Waals surface area contributed by atoms with Gasteiger partial charge in [0, 0.05) is 49.3 Å². The number of hydrogen-bond donors (Lipinski definition) is 2. The molecule has 57 heavy (non-hydrogen) atoms. The Balaban J connectivity index is 1.08. The fraction of sp³-hybridized carbons (Fsp3) is 0.426. The van der Waals surface area contributed by atoms with Crippen molar-refractivity contribution in [2.24, 2.45) is 0 Å². The highest BCUT2D eigenvalue weighted by Gasteiger charge is 2.30. The summed E-state index contributed by atoms with van der Waals surface area (Å²) in [6.45, 7) is 10.9. The zero-order valence-electron chi connectivity index (χ0n) is 33.3. The van der Waals surface area contributed by atoms with Gasteiger partial charge in [-0.3, -0.25) is 9.69 Å². The molecule has 0 unspecified atom stereocenters. The van der Waals surface area contributed by atoms with E-state index in [0.717, 1.165) is 54.7 Å². The lowest BCUT2D eigenvalue weighted by Gasteiger charge is -2.42. The van der Waals surface area contributed by atoms with Crippen molar-refractivity contribution in [3.63, 3.8) is 0 Å². The molecule has 10 heteroatoms. The van der Waals surface area contributed by atoms with E-state index >= 15 is 0 Å². The smallest absolute Gasteiger partial charge is 0.220 e. The number of likely N-dealkylation sites (tertiary alicyclic amines) is 1. The van der Waals surface area contributed by atoms with E-state index in [0.29, 0.717) is 59.3 Å². The van der Waals surface area contributed by atoms with Gasteiger partial charge in [-0.15, -0.1) is 0 Å². The maximum Gasteiger partial charge on any atom is 0.220 e. The number of carbonyl (C=O) groups is 1. The summed E-state index contributed by atoms with van der Waals surface area (Å²) in [7, 11) is 0. The Labute approximate surface area is 341 Å². The van der Waals surface area contributed by atoms with E-state index < -0.39 is 0 Å². The Bertz CT molecular complexity index is 2150. The molecule has 0 radical (unpaired) electrons. The minimum absolute atomic E-state index is 0.0643. The number of fused-ring (bicyclic) bond motifs is 1. The number of carbonyl (C=O) groups excluding carboxylic acids is 1. The van der Waals surface area contributed by atoms with Crippen LogP contribution in [0.4, 0.5) is 0 Å². The minimum Gasteiger partial charge on any atom is -0.493 e. The summed E-state index contributed by atoms with van der Waals surface area (Å²) in [6, 6.07) is 25.9. The monoisotopic (exact) mass is 785 g/mol. The summed E-state index contributed by atoms with van der Waals surface area (Å²) in [5.41, 5.74) is 8.53. The maximum absolute atomic E-state index is 11.7. The molecule has 9 nitrogen and oxygen atoms in total.